The Hall–Kier alpha value is -1.57. The predicted molar refractivity (Wildman–Crippen MR) is 85.4 cm³/mol. The number of nitrogens with zero attached hydrogens (tertiary/aromatic N) is 1. The lowest BCUT2D eigenvalue weighted by atomic mass is 9.83. The van der Waals surface area contributed by atoms with Crippen LogP contribution in [-0.2, 0) is 0 Å². The maximum Gasteiger partial charge on any atom is 0.162 e. The molecule has 2 rings (SSSR count). The topological polar surface area (TPSA) is 20.3 Å². The molecule has 0 atom stereocenters. The summed E-state index contributed by atoms with van der Waals surface area (Å²) < 4.78 is 0. The Labute approximate surface area is 122 Å². The molecule has 0 aromatic heterocycles. The third-order valence-corrected chi connectivity index (χ3v) is 4.05. The Balaban J connectivity index is 2.08. The molecule has 108 valence electrons. The van der Waals surface area contributed by atoms with Crippen molar-refractivity contribution in [2.75, 3.05) is 18.0 Å². The average Bonchev–Trinajstić information content (AvgIpc) is 2.46. The van der Waals surface area contributed by atoms with Gasteiger partial charge in [-0.1, -0.05) is 39.3 Å². The lowest BCUT2D eigenvalue weighted by Gasteiger charge is -2.33. The van der Waals surface area contributed by atoms with Gasteiger partial charge in [-0.25, -0.2) is 0 Å². The van der Waals surface area contributed by atoms with Gasteiger partial charge in [-0.3, -0.25) is 4.79 Å². The Kier molecular flexibility index (Phi) is 4.32. The van der Waals surface area contributed by atoms with Crippen LogP contribution >= 0.6 is 0 Å². The molecule has 0 amide bonds. The van der Waals surface area contributed by atoms with Crippen LogP contribution in [0.25, 0.3) is 0 Å². The van der Waals surface area contributed by atoms with Crippen LogP contribution in [0.2, 0.25) is 0 Å². The van der Waals surface area contributed by atoms with Crippen molar-refractivity contribution in [2.45, 2.75) is 40.5 Å². The van der Waals surface area contributed by atoms with Crippen molar-refractivity contribution in [3.63, 3.8) is 0 Å². The van der Waals surface area contributed by atoms with Crippen molar-refractivity contribution < 1.29 is 4.79 Å². The lowest BCUT2D eigenvalue weighted by molar-refractivity contribution is 0.0988. The number of carbonyl (C=O) groups is 1. The van der Waals surface area contributed by atoms with E-state index >= 15 is 0 Å². The van der Waals surface area contributed by atoms with E-state index < -0.39 is 0 Å². The largest absolute Gasteiger partial charge is 0.367 e. The van der Waals surface area contributed by atoms with E-state index in [1.54, 1.807) is 5.57 Å². The molecule has 0 unspecified atom stereocenters. The van der Waals surface area contributed by atoms with E-state index in [1.807, 2.05) is 19.1 Å². The van der Waals surface area contributed by atoms with Crippen molar-refractivity contribution in [3.8, 4) is 0 Å². The summed E-state index contributed by atoms with van der Waals surface area (Å²) in [6.45, 7) is 10.8. The molecule has 2 nitrogen and oxygen atoms in total. The number of ketones is 1. The quantitative estimate of drug-likeness (QED) is 0.597. The second-order valence-electron chi connectivity index (χ2n) is 6.50. The fourth-order valence-electron chi connectivity index (χ4n) is 2.65. The first-order chi connectivity index (χ1) is 9.41. The summed E-state index contributed by atoms with van der Waals surface area (Å²) in [6.07, 6.45) is 4.05. The Bertz CT molecular complexity index is 505. The number of Topliss-reactive ketones (excluding diaryl/α,β-unsaturated/α-hetero) is 1. The summed E-state index contributed by atoms with van der Waals surface area (Å²) in [6, 6.07) is 8.03. The van der Waals surface area contributed by atoms with E-state index in [0.717, 1.165) is 25.1 Å². The molecule has 0 saturated carbocycles. The van der Waals surface area contributed by atoms with Crippen LogP contribution in [0.1, 0.15) is 50.9 Å². The number of rotatable bonds is 3. The molecule has 2 heteroatoms. The number of hydrogen-bond acceptors (Lipinski definition) is 2. The minimum Gasteiger partial charge on any atom is -0.367 e. The van der Waals surface area contributed by atoms with E-state index in [1.165, 1.54) is 5.69 Å². The molecule has 0 N–H and O–H groups in total. The molecule has 0 bridgehead atoms. The molecule has 1 aliphatic heterocycles. The van der Waals surface area contributed by atoms with Crippen molar-refractivity contribution in [2.24, 2.45) is 5.41 Å². The van der Waals surface area contributed by atoms with Crippen LogP contribution in [0.3, 0.4) is 0 Å². The van der Waals surface area contributed by atoms with Gasteiger partial charge >= 0.3 is 0 Å². The summed E-state index contributed by atoms with van der Waals surface area (Å²) in [5.41, 5.74) is 3.86. The fourth-order valence-corrected chi connectivity index (χ4v) is 2.65. The van der Waals surface area contributed by atoms with Gasteiger partial charge < -0.3 is 4.90 Å². The number of carbonyl (C=O) groups excluding carboxylic acids is 1. The van der Waals surface area contributed by atoms with Crippen molar-refractivity contribution in [3.05, 3.63) is 41.5 Å². The maximum atomic E-state index is 11.6. The highest BCUT2D eigenvalue weighted by Gasteiger charge is 2.21. The second kappa shape index (κ2) is 5.82. The molecule has 0 spiro atoms. The maximum absolute atomic E-state index is 11.6. The molecular weight excluding hydrogens is 246 g/mol. The smallest absolute Gasteiger partial charge is 0.162 e. The highest BCUT2D eigenvalue weighted by molar-refractivity contribution is 5.96. The molecule has 1 aromatic rings. The molecule has 0 aliphatic carbocycles. The summed E-state index contributed by atoms with van der Waals surface area (Å²) >= 11 is 0. The Morgan fingerprint density at radius 1 is 1.20 bits per heavy atom. The van der Waals surface area contributed by atoms with Gasteiger partial charge in [0.25, 0.3) is 0 Å². The first-order valence-corrected chi connectivity index (χ1v) is 7.49. The standard InChI is InChI=1S/C18H25NO/c1-5-17(20)14-6-8-16(9-7-14)19-12-10-15(11-13-19)18(2,3)4/h6-10H,5,11-13H2,1-4H3. The van der Waals surface area contributed by atoms with E-state index in [9.17, 15) is 4.79 Å². The normalized spacial score (nSPS) is 16.0. The minimum atomic E-state index is 0.213. The molecule has 1 aromatic carbocycles. The lowest BCUT2D eigenvalue weighted by Crippen LogP contribution is -2.31. The van der Waals surface area contributed by atoms with E-state index in [4.69, 9.17) is 0 Å². The highest BCUT2D eigenvalue weighted by atomic mass is 16.1. The van der Waals surface area contributed by atoms with Gasteiger partial charge in [0.2, 0.25) is 0 Å². The van der Waals surface area contributed by atoms with E-state index in [2.05, 4.69) is 43.9 Å². The Morgan fingerprint density at radius 2 is 1.85 bits per heavy atom. The van der Waals surface area contributed by atoms with Gasteiger partial charge in [-0.15, -0.1) is 0 Å². The van der Waals surface area contributed by atoms with Crippen LogP contribution in [0.15, 0.2) is 35.9 Å². The third kappa shape index (κ3) is 3.30. The number of hydrogen-bond donors (Lipinski definition) is 0. The number of anilines is 1. The molecular formula is C18H25NO. The van der Waals surface area contributed by atoms with Gasteiger partial charge in [0.05, 0.1) is 0 Å². The van der Waals surface area contributed by atoms with Crippen LogP contribution in [0.5, 0.6) is 0 Å². The summed E-state index contributed by atoms with van der Waals surface area (Å²) in [5, 5.41) is 0. The van der Waals surface area contributed by atoms with Gasteiger partial charge in [0.1, 0.15) is 0 Å². The first-order valence-electron chi connectivity index (χ1n) is 7.49. The highest BCUT2D eigenvalue weighted by Crippen LogP contribution is 2.31. The van der Waals surface area contributed by atoms with Crippen LogP contribution in [-0.4, -0.2) is 18.9 Å². The minimum absolute atomic E-state index is 0.213. The van der Waals surface area contributed by atoms with Gasteiger partial charge in [-0.05, 0) is 36.1 Å². The van der Waals surface area contributed by atoms with Crippen molar-refractivity contribution in [1.29, 1.82) is 0 Å². The molecule has 0 fully saturated rings. The van der Waals surface area contributed by atoms with Crippen LogP contribution in [0, 0.1) is 5.41 Å². The van der Waals surface area contributed by atoms with E-state index in [-0.39, 0.29) is 11.2 Å². The second-order valence-corrected chi connectivity index (χ2v) is 6.50. The molecule has 1 aliphatic rings. The fraction of sp³-hybridized carbons (Fsp3) is 0.500. The van der Waals surface area contributed by atoms with Crippen molar-refractivity contribution in [1.82, 2.24) is 0 Å². The van der Waals surface area contributed by atoms with E-state index in [0.29, 0.717) is 6.42 Å². The van der Waals surface area contributed by atoms with Gasteiger partial charge in [-0.2, -0.15) is 0 Å². The molecule has 0 radical (unpaired) electrons. The number of benzene rings is 1. The molecule has 20 heavy (non-hydrogen) atoms. The monoisotopic (exact) mass is 271 g/mol. The Morgan fingerprint density at radius 3 is 2.30 bits per heavy atom. The zero-order chi connectivity index (χ0) is 14.8. The molecule has 0 saturated heterocycles. The first kappa shape index (κ1) is 14.8. The van der Waals surface area contributed by atoms with Gasteiger partial charge in [0, 0.05) is 30.8 Å². The van der Waals surface area contributed by atoms with Crippen molar-refractivity contribution >= 4 is 11.5 Å². The SMILES string of the molecule is CCC(=O)c1ccc(N2CC=C(C(C)(C)C)CC2)cc1. The summed E-state index contributed by atoms with van der Waals surface area (Å²) in [7, 11) is 0. The third-order valence-electron chi connectivity index (χ3n) is 4.05. The van der Waals surface area contributed by atoms with Crippen LogP contribution < -0.4 is 4.90 Å². The summed E-state index contributed by atoms with van der Waals surface area (Å²) in [5.74, 6) is 0.213. The van der Waals surface area contributed by atoms with Gasteiger partial charge in [0.15, 0.2) is 5.78 Å². The molecule has 1 heterocycles. The zero-order valence-electron chi connectivity index (χ0n) is 13.1. The average molecular weight is 271 g/mol. The summed E-state index contributed by atoms with van der Waals surface area (Å²) in [4.78, 5) is 14.0. The zero-order valence-corrected chi connectivity index (χ0v) is 13.1. The predicted octanol–water partition coefficient (Wildman–Crippen LogP) is 4.46. The van der Waals surface area contributed by atoms with Crippen LogP contribution in [0.4, 0.5) is 5.69 Å².